The average Bonchev–Trinajstić information content (AvgIpc) is 3.14. The number of carbonyl (C=O) groups is 1. The van der Waals surface area contributed by atoms with Crippen LogP contribution in [0.2, 0.25) is 0 Å². The Hall–Kier alpha value is -3.33. The summed E-state index contributed by atoms with van der Waals surface area (Å²) in [5.74, 6) is -0.644. The number of aryl methyl sites for hydroxylation is 1. The first-order valence-corrected chi connectivity index (χ1v) is 8.91. The maximum Gasteiger partial charge on any atom is 0.276 e. The smallest absolute Gasteiger partial charge is 0.276 e. The van der Waals surface area contributed by atoms with Gasteiger partial charge in [-0.3, -0.25) is 4.79 Å². The standard InChI is InChI=1S/C19H13F2N5OS/c1-11-9-13(4-6-14(11)20)15-10-16(26(25-15)28-21)19(27)24-17-7-5-12-3-2-8-22-18(12)23-17/h2-10H,1H3,(H,22,23,24,27). The fraction of sp³-hybridized carbons (Fsp3) is 0.0526. The van der Waals surface area contributed by atoms with E-state index in [0.717, 1.165) is 9.47 Å². The molecule has 1 aromatic carbocycles. The van der Waals surface area contributed by atoms with E-state index in [9.17, 15) is 13.1 Å². The van der Waals surface area contributed by atoms with Gasteiger partial charge in [-0.05, 0) is 61.0 Å². The second-order valence-electron chi connectivity index (χ2n) is 6.02. The van der Waals surface area contributed by atoms with Gasteiger partial charge in [-0.2, -0.15) is 9.19 Å². The maximum absolute atomic E-state index is 13.5. The molecular weight excluding hydrogens is 384 g/mol. The Balaban J connectivity index is 1.64. The number of benzene rings is 1. The topological polar surface area (TPSA) is 72.7 Å². The van der Waals surface area contributed by atoms with Gasteiger partial charge in [-0.15, -0.1) is 3.89 Å². The van der Waals surface area contributed by atoms with Crippen LogP contribution in [0.25, 0.3) is 22.3 Å². The number of nitrogens with one attached hydrogen (secondary N) is 1. The molecule has 0 unspecified atom stereocenters. The maximum atomic E-state index is 13.5. The molecule has 0 aliphatic rings. The van der Waals surface area contributed by atoms with Gasteiger partial charge >= 0.3 is 0 Å². The van der Waals surface area contributed by atoms with Crippen LogP contribution in [-0.4, -0.2) is 25.1 Å². The second kappa shape index (κ2) is 7.35. The van der Waals surface area contributed by atoms with Crippen LogP contribution in [0.3, 0.4) is 0 Å². The summed E-state index contributed by atoms with van der Waals surface area (Å²) in [4.78, 5) is 21.0. The number of nitrogens with zero attached hydrogens (tertiary/aromatic N) is 4. The number of halogens is 2. The van der Waals surface area contributed by atoms with E-state index in [0.29, 0.717) is 22.5 Å². The number of carbonyl (C=O) groups excluding carboxylic acids is 1. The fourth-order valence-electron chi connectivity index (χ4n) is 2.72. The summed E-state index contributed by atoms with van der Waals surface area (Å²) in [6.45, 7) is 1.62. The predicted molar refractivity (Wildman–Crippen MR) is 104 cm³/mol. The van der Waals surface area contributed by atoms with Crippen LogP contribution in [0.5, 0.6) is 0 Å². The molecule has 0 fully saturated rings. The molecule has 1 N–H and O–H groups in total. The van der Waals surface area contributed by atoms with Gasteiger partial charge in [0.05, 0.1) is 5.69 Å². The summed E-state index contributed by atoms with van der Waals surface area (Å²) in [5, 5.41) is 7.52. The minimum absolute atomic E-state index is 0.00704. The molecular formula is C19H13F2N5OS. The van der Waals surface area contributed by atoms with E-state index in [2.05, 4.69) is 20.4 Å². The number of aromatic nitrogens is 4. The third-order valence-corrected chi connectivity index (χ3v) is 4.54. The van der Waals surface area contributed by atoms with Crippen molar-refractivity contribution in [3.8, 4) is 11.3 Å². The third-order valence-electron chi connectivity index (χ3n) is 4.14. The summed E-state index contributed by atoms with van der Waals surface area (Å²) in [7, 11) is 0. The molecule has 0 atom stereocenters. The lowest BCUT2D eigenvalue weighted by molar-refractivity contribution is 0.102. The number of fused-ring (bicyclic) bond motifs is 1. The van der Waals surface area contributed by atoms with E-state index < -0.39 is 5.91 Å². The van der Waals surface area contributed by atoms with Crippen LogP contribution in [-0.2, 0) is 0 Å². The van der Waals surface area contributed by atoms with E-state index in [1.807, 2.05) is 6.07 Å². The zero-order valence-electron chi connectivity index (χ0n) is 14.6. The highest BCUT2D eigenvalue weighted by molar-refractivity contribution is 7.92. The number of anilines is 1. The first kappa shape index (κ1) is 18.1. The van der Waals surface area contributed by atoms with Crippen LogP contribution < -0.4 is 5.32 Å². The molecule has 3 aromatic heterocycles. The molecule has 140 valence electrons. The second-order valence-corrected chi connectivity index (χ2v) is 6.51. The highest BCUT2D eigenvalue weighted by Crippen LogP contribution is 2.25. The van der Waals surface area contributed by atoms with Gasteiger partial charge in [0.2, 0.25) is 0 Å². The van der Waals surface area contributed by atoms with Crippen molar-refractivity contribution in [2.75, 3.05) is 5.32 Å². The Morgan fingerprint density at radius 2 is 2.04 bits per heavy atom. The summed E-state index contributed by atoms with van der Waals surface area (Å²) in [5.41, 5.74) is 1.84. The molecule has 3 heterocycles. The van der Waals surface area contributed by atoms with Gasteiger partial charge in [0.1, 0.15) is 17.3 Å². The Kier molecular flexibility index (Phi) is 4.74. The first-order valence-electron chi connectivity index (χ1n) is 8.24. The molecule has 6 nitrogen and oxygen atoms in total. The van der Waals surface area contributed by atoms with Crippen molar-refractivity contribution in [1.82, 2.24) is 19.2 Å². The van der Waals surface area contributed by atoms with E-state index in [1.54, 1.807) is 37.4 Å². The molecule has 1 amide bonds. The van der Waals surface area contributed by atoms with Crippen molar-refractivity contribution < 1.29 is 13.1 Å². The number of rotatable bonds is 4. The van der Waals surface area contributed by atoms with Crippen LogP contribution in [0.1, 0.15) is 16.1 Å². The lowest BCUT2D eigenvalue weighted by atomic mass is 10.1. The van der Waals surface area contributed by atoms with Crippen LogP contribution in [0.15, 0.2) is 54.7 Å². The Labute approximate surface area is 163 Å². The fourth-order valence-corrected chi connectivity index (χ4v) is 3.05. The summed E-state index contributed by atoms with van der Waals surface area (Å²) in [6, 6.07) is 12.9. The van der Waals surface area contributed by atoms with Crippen molar-refractivity contribution in [1.29, 1.82) is 0 Å². The quantitative estimate of drug-likeness (QED) is 0.546. The Morgan fingerprint density at radius 1 is 1.18 bits per heavy atom. The molecule has 4 rings (SSSR count). The predicted octanol–water partition coefficient (Wildman–Crippen LogP) is 4.57. The lowest BCUT2D eigenvalue weighted by Crippen LogP contribution is -2.16. The molecule has 9 heteroatoms. The van der Waals surface area contributed by atoms with Gasteiger partial charge in [-0.25, -0.2) is 14.4 Å². The zero-order chi connectivity index (χ0) is 19.7. The SMILES string of the molecule is Cc1cc(-c2cc(C(=O)Nc3ccc4cccnc4n3)n(SF)n2)ccc1F. The lowest BCUT2D eigenvalue weighted by Gasteiger charge is -2.05. The molecule has 4 aromatic rings. The van der Waals surface area contributed by atoms with Crippen LogP contribution in [0.4, 0.5) is 14.1 Å². The Bertz CT molecular complexity index is 1190. The highest BCUT2D eigenvalue weighted by Gasteiger charge is 2.18. The van der Waals surface area contributed by atoms with E-state index in [4.69, 9.17) is 0 Å². The van der Waals surface area contributed by atoms with Crippen molar-refractivity contribution in [2.24, 2.45) is 0 Å². The minimum atomic E-state index is -0.578. The molecule has 0 saturated carbocycles. The van der Waals surface area contributed by atoms with E-state index >= 15 is 0 Å². The number of hydrogen-bond donors (Lipinski definition) is 1. The largest absolute Gasteiger partial charge is 0.305 e. The molecule has 0 saturated heterocycles. The molecule has 0 aliphatic carbocycles. The molecule has 0 spiro atoms. The number of pyridine rings is 2. The molecule has 0 aliphatic heterocycles. The summed E-state index contributed by atoms with van der Waals surface area (Å²) in [6.07, 6.45) is 1.60. The molecule has 0 radical (unpaired) electrons. The average molecular weight is 397 g/mol. The monoisotopic (exact) mass is 397 g/mol. The normalized spacial score (nSPS) is 11.0. The van der Waals surface area contributed by atoms with Crippen LogP contribution >= 0.6 is 12.3 Å². The highest BCUT2D eigenvalue weighted by atomic mass is 32.2. The van der Waals surface area contributed by atoms with Crippen molar-refractivity contribution >= 4 is 35.1 Å². The van der Waals surface area contributed by atoms with Crippen molar-refractivity contribution in [3.63, 3.8) is 0 Å². The zero-order valence-corrected chi connectivity index (χ0v) is 15.4. The van der Waals surface area contributed by atoms with E-state index in [-0.39, 0.29) is 29.7 Å². The van der Waals surface area contributed by atoms with Crippen molar-refractivity contribution in [2.45, 2.75) is 6.92 Å². The van der Waals surface area contributed by atoms with Crippen molar-refractivity contribution in [3.05, 3.63) is 71.8 Å². The number of hydrogen-bond acceptors (Lipinski definition) is 5. The van der Waals surface area contributed by atoms with E-state index in [1.165, 1.54) is 18.2 Å². The summed E-state index contributed by atoms with van der Waals surface area (Å²) >= 11 is -0.202. The van der Waals surface area contributed by atoms with Crippen LogP contribution in [0, 0.1) is 12.7 Å². The van der Waals surface area contributed by atoms with Gasteiger partial charge in [0.15, 0.2) is 18.0 Å². The van der Waals surface area contributed by atoms with Gasteiger partial charge in [0.25, 0.3) is 5.91 Å². The minimum Gasteiger partial charge on any atom is -0.305 e. The third kappa shape index (κ3) is 3.44. The van der Waals surface area contributed by atoms with Gasteiger partial charge in [0, 0.05) is 17.1 Å². The molecule has 28 heavy (non-hydrogen) atoms. The number of amides is 1. The van der Waals surface area contributed by atoms with Gasteiger partial charge in [-0.1, -0.05) is 0 Å². The molecule has 0 bridgehead atoms. The first-order chi connectivity index (χ1) is 13.5. The summed E-state index contributed by atoms with van der Waals surface area (Å²) < 4.78 is 27.7. The van der Waals surface area contributed by atoms with Gasteiger partial charge < -0.3 is 5.32 Å². The Morgan fingerprint density at radius 3 is 2.82 bits per heavy atom.